The van der Waals surface area contributed by atoms with Gasteiger partial charge in [0.2, 0.25) is 0 Å². The molecular formula is C54H93NO7P+. The van der Waals surface area contributed by atoms with Gasteiger partial charge in [-0.15, -0.1) is 0 Å². The van der Waals surface area contributed by atoms with Crippen LogP contribution in [0.2, 0.25) is 0 Å². The van der Waals surface area contributed by atoms with Gasteiger partial charge in [0.25, 0.3) is 0 Å². The first-order chi connectivity index (χ1) is 30.6. The Balaban J connectivity index is 4.32. The number of carbonyl (C=O) groups excluding carboxylic acids is 1. The molecule has 0 aromatic heterocycles. The zero-order valence-corrected chi connectivity index (χ0v) is 41.7. The molecule has 0 aromatic carbocycles. The first kappa shape index (κ1) is 60.2. The van der Waals surface area contributed by atoms with Crippen LogP contribution < -0.4 is 0 Å². The zero-order valence-electron chi connectivity index (χ0n) is 40.8. The van der Waals surface area contributed by atoms with Gasteiger partial charge in [-0.25, -0.2) is 4.57 Å². The van der Waals surface area contributed by atoms with Gasteiger partial charge in [-0.2, -0.15) is 0 Å². The van der Waals surface area contributed by atoms with Gasteiger partial charge < -0.3 is 18.9 Å². The van der Waals surface area contributed by atoms with Crippen molar-refractivity contribution in [1.29, 1.82) is 0 Å². The molecule has 0 aliphatic rings. The monoisotopic (exact) mass is 899 g/mol. The summed E-state index contributed by atoms with van der Waals surface area (Å²) in [5.74, 6) is -0.363. The van der Waals surface area contributed by atoms with Crippen molar-refractivity contribution in [2.45, 2.75) is 174 Å². The van der Waals surface area contributed by atoms with Crippen molar-refractivity contribution < 1.29 is 37.3 Å². The van der Waals surface area contributed by atoms with Crippen LogP contribution >= 0.6 is 7.82 Å². The molecule has 0 saturated heterocycles. The van der Waals surface area contributed by atoms with E-state index in [1.54, 1.807) is 0 Å². The highest BCUT2D eigenvalue weighted by atomic mass is 31.2. The molecule has 0 aliphatic carbocycles. The molecule has 0 fully saturated rings. The number of rotatable bonds is 44. The Morgan fingerprint density at radius 3 is 1.38 bits per heavy atom. The van der Waals surface area contributed by atoms with Gasteiger partial charge in [0, 0.05) is 13.0 Å². The number of phosphoric ester groups is 1. The van der Waals surface area contributed by atoms with Crippen molar-refractivity contribution in [2.24, 2.45) is 0 Å². The maximum Gasteiger partial charge on any atom is 0.472 e. The summed E-state index contributed by atoms with van der Waals surface area (Å²) in [6.07, 6.45) is 64.2. The third-order valence-corrected chi connectivity index (χ3v) is 10.8. The average molecular weight is 899 g/mol. The fraction of sp³-hybridized carbons (Fsp3) is 0.648. The quantitative estimate of drug-likeness (QED) is 0.0214. The molecule has 9 heteroatoms. The average Bonchev–Trinajstić information content (AvgIpc) is 3.24. The van der Waals surface area contributed by atoms with Crippen LogP contribution in [0, 0.1) is 0 Å². The SMILES string of the molecule is CC/C=C\C/C=C\C/C=C\C/C=C\C/C=C\C/C=C\CCCCC(=O)OC(COCCCCCCCCC/C=C\C/C=C\C/C=C\CCCCC)COP(=O)(O)OCC[N+](C)(C)C. The summed E-state index contributed by atoms with van der Waals surface area (Å²) in [6, 6.07) is 0. The number of hydrogen-bond donors (Lipinski definition) is 1. The lowest BCUT2D eigenvalue weighted by atomic mass is 10.1. The molecule has 0 spiro atoms. The van der Waals surface area contributed by atoms with Gasteiger partial charge >= 0.3 is 13.8 Å². The second-order valence-electron chi connectivity index (χ2n) is 17.1. The van der Waals surface area contributed by atoms with E-state index in [2.05, 4.69) is 123 Å². The van der Waals surface area contributed by atoms with Gasteiger partial charge in [0.1, 0.15) is 19.3 Å². The summed E-state index contributed by atoms with van der Waals surface area (Å²) in [6.45, 7) is 5.37. The van der Waals surface area contributed by atoms with E-state index < -0.39 is 13.9 Å². The number of quaternary nitrogens is 1. The van der Waals surface area contributed by atoms with Crippen molar-refractivity contribution in [1.82, 2.24) is 0 Å². The molecule has 2 unspecified atom stereocenters. The second kappa shape index (κ2) is 45.7. The Morgan fingerprint density at radius 1 is 0.508 bits per heavy atom. The van der Waals surface area contributed by atoms with E-state index in [0.717, 1.165) is 89.9 Å². The predicted octanol–water partition coefficient (Wildman–Crippen LogP) is 15.2. The summed E-state index contributed by atoms with van der Waals surface area (Å²) in [5, 5.41) is 0. The lowest BCUT2D eigenvalue weighted by Gasteiger charge is -2.24. The molecule has 0 aromatic rings. The van der Waals surface area contributed by atoms with E-state index in [-0.39, 0.29) is 32.2 Å². The van der Waals surface area contributed by atoms with Crippen LogP contribution in [0.3, 0.4) is 0 Å². The first-order valence-corrected chi connectivity index (χ1v) is 26.1. The van der Waals surface area contributed by atoms with Crippen LogP contribution in [0.4, 0.5) is 0 Å². The minimum atomic E-state index is -4.30. The van der Waals surface area contributed by atoms with Crippen molar-refractivity contribution in [2.75, 3.05) is 54.1 Å². The number of carbonyl (C=O) groups is 1. The van der Waals surface area contributed by atoms with E-state index in [0.29, 0.717) is 24.1 Å². The maximum absolute atomic E-state index is 12.7. The predicted molar refractivity (Wildman–Crippen MR) is 270 cm³/mol. The highest BCUT2D eigenvalue weighted by molar-refractivity contribution is 7.47. The second-order valence-corrected chi connectivity index (χ2v) is 18.6. The fourth-order valence-electron chi connectivity index (χ4n) is 6.03. The molecule has 360 valence electrons. The molecular weight excluding hydrogens is 806 g/mol. The highest BCUT2D eigenvalue weighted by Crippen LogP contribution is 2.43. The van der Waals surface area contributed by atoms with Crippen molar-refractivity contribution in [3.05, 3.63) is 109 Å². The van der Waals surface area contributed by atoms with Gasteiger partial charge in [-0.3, -0.25) is 13.8 Å². The van der Waals surface area contributed by atoms with Gasteiger partial charge in [-0.05, 0) is 103 Å². The van der Waals surface area contributed by atoms with Crippen LogP contribution in [0.1, 0.15) is 168 Å². The van der Waals surface area contributed by atoms with Gasteiger partial charge in [0.15, 0.2) is 0 Å². The summed E-state index contributed by atoms with van der Waals surface area (Å²) in [7, 11) is 1.61. The number of ether oxygens (including phenoxy) is 2. The Hall–Kier alpha value is -2.84. The number of nitrogens with zero attached hydrogens (tertiary/aromatic N) is 1. The lowest BCUT2D eigenvalue weighted by Crippen LogP contribution is -2.37. The topological polar surface area (TPSA) is 91.3 Å². The van der Waals surface area contributed by atoms with Gasteiger partial charge in [0.05, 0.1) is 34.4 Å². The zero-order chi connectivity index (χ0) is 46.2. The standard InChI is InChI=1S/C54H92NO7P/c1-6-8-10-12-14-16-18-20-22-24-26-28-29-31-33-35-37-39-41-43-45-47-54(56)62-53(52-61-63(57,58)60-50-48-55(3,4)5)51-59-49-46-44-42-40-38-36-34-32-30-27-25-23-21-19-17-15-13-11-9-7-2/h8,10,14-17,20-23,26-28,30-31,33,37,39,53H,6-7,9,11-13,18-19,24-25,29,32,34-36,38,40-52H2,1-5H3/p+1/b10-8-,16-14-,17-15-,22-20-,23-21-,28-26-,30-27-,33-31-,39-37-. The normalized spacial score (nSPS) is 14.6. The molecule has 0 heterocycles. The summed E-state index contributed by atoms with van der Waals surface area (Å²) in [5.41, 5.74) is 0. The lowest BCUT2D eigenvalue weighted by molar-refractivity contribution is -0.870. The Labute approximate surface area is 387 Å². The Kier molecular flexibility index (Phi) is 43.7. The number of likely N-dealkylation sites (N-methyl/N-ethyl adjacent to an activating group) is 1. The van der Waals surface area contributed by atoms with Crippen molar-refractivity contribution in [3.63, 3.8) is 0 Å². The van der Waals surface area contributed by atoms with Crippen LogP contribution in [0.15, 0.2) is 109 Å². The number of allylic oxidation sites excluding steroid dienone is 18. The molecule has 8 nitrogen and oxygen atoms in total. The molecule has 1 N–H and O–H groups in total. The maximum atomic E-state index is 12.7. The Morgan fingerprint density at radius 2 is 0.921 bits per heavy atom. The smallest absolute Gasteiger partial charge is 0.457 e. The molecule has 63 heavy (non-hydrogen) atoms. The summed E-state index contributed by atoms with van der Waals surface area (Å²) < 4.78 is 35.0. The molecule has 0 saturated carbocycles. The molecule has 0 amide bonds. The molecule has 0 aliphatic heterocycles. The molecule has 0 rings (SSSR count). The minimum Gasteiger partial charge on any atom is -0.457 e. The van der Waals surface area contributed by atoms with Crippen LogP contribution in [0.5, 0.6) is 0 Å². The fourth-order valence-corrected chi connectivity index (χ4v) is 6.77. The Bertz CT molecular complexity index is 1370. The number of phosphoric acid groups is 1. The van der Waals surface area contributed by atoms with Gasteiger partial charge in [-0.1, -0.05) is 168 Å². The van der Waals surface area contributed by atoms with E-state index in [1.807, 2.05) is 21.1 Å². The third kappa shape index (κ3) is 50.0. The molecule has 0 bridgehead atoms. The number of hydrogen-bond acceptors (Lipinski definition) is 6. The number of unbranched alkanes of at least 4 members (excludes halogenated alkanes) is 12. The van der Waals surface area contributed by atoms with E-state index >= 15 is 0 Å². The summed E-state index contributed by atoms with van der Waals surface area (Å²) in [4.78, 5) is 23.0. The highest BCUT2D eigenvalue weighted by Gasteiger charge is 2.26. The van der Waals surface area contributed by atoms with E-state index in [9.17, 15) is 14.3 Å². The summed E-state index contributed by atoms with van der Waals surface area (Å²) >= 11 is 0. The molecule has 0 radical (unpaired) electrons. The van der Waals surface area contributed by atoms with Crippen molar-refractivity contribution in [3.8, 4) is 0 Å². The minimum absolute atomic E-state index is 0.0711. The van der Waals surface area contributed by atoms with E-state index in [4.69, 9.17) is 18.5 Å². The third-order valence-electron chi connectivity index (χ3n) is 9.82. The van der Waals surface area contributed by atoms with Crippen LogP contribution in [-0.4, -0.2) is 75.6 Å². The van der Waals surface area contributed by atoms with Crippen molar-refractivity contribution >= 4 is 13.8 Å². The van der Waals surface area contributed by atoms with Crippen LogP contribution in [0.25, 0.3) is 0 Å². The largest absolute Gasteiger partial charge is 0.472 e. The molecule has 2 atom stereocenters. The first-order valence-electron chi connectivity index (χ1n) is 24.6. The van der Waals surface area contributed by atoms with Crippen LogP contribution in [-0.2, 0) is 27.9 Å². The van der Waals surface area contributed by atoms with E-state index in [1.165, 1.54) is 51.4 Å². The number of esters is 1.